The minimum Gasteiger partial charge on any atom is -0.436 e. The maximum absolute atomic E-state index is 11.8. The van der Waals surface area contributed by atoms with E-state index in [1.54, 1.807) is 24.4 Å². The summed E-state index contributed by atoms with van der Waals surface area (Å²) in [5.41, 5.74) is 4.06. The Labute approximate surface area is 170 Å². The number of nitrogens with zero attached hydrogens (tertiary/aromatic N) is 2. The fourth-order valence-corrected chi connectivity index (χ4v) is 3.48. The van der Waals surface area contributed by atoms with Gasteiger partial charge in [0.15, 0.2) is 11.9 Å². The second-order valence-electron chi connectivity index (χ2n) is 6.51. The van der Waals surface area contributed by atoms with Crippen molar-refractivity contribution in [2.24, 2.45) is 0 Å². The van der Waals surface area contributed by atoms with Crippen LogP contribution < -0.4 is 5.32 Å². The number of rotatable bonds is 4. The summed E-state index contributed by atoms with van der Waals surface area (Å²) in [6.45, 7) is 0. The number of aldehydes is 1. The van der Waals surface area contributed by atoms with Crippen LogP contribution in [-0.2, 0) is 4.79 Å². The lowest BCUT2D eigenvalue weighted by Crippen LogP contribution is -1.97. The fourth-order valence-electron chi connectivity index (χ4n) is 3.32. The molecular formula is C23H14ClN3O2. The summed E-state index contributed by atoms with van der Waals surface area (Å²) in [6.07, 6.45) is 2.32. The number of fused-ring (bicyclic) bond motifs is 3. The van der Waals surface area contributed by atoms with Crippen LogP contribution in [0.15, 0.2) is 77.3 Å². The molecule has 0 saturated carbocycles. The number of nitrogens with one attached hydrogen (secondary N) is 1. The van der Waals surface area contributed by atoms with E-state index in [9.17, 15) is 4.79 Å². The number of halogens is 1. The molecule has 2 heterocycles. The van der Waals surface area contributed by atoms with E-state index in [0.29, 0.717) is 28.0 Å². The Morgan fingerprint density at radius 2 is 1.59 bits per heavy atom. The van der Waals surface area contributed by atoms with Gasteiger partial charge < -0.3 is 9.73 Å². The van der Waals surface area contributed by atoms with Crippen molar-refractivity contribution in [2.75, 3.05) is 5.32 Å². The molecule has 29 heavy (non-hydrogen) atoms. The van der Waals surface area contributed by atoms with Crippen molar-refractivity contribution in [3.8, 4) is 0 Å². The predicted molar refractivity (Wildman–Crippen MR) is 116 cm³/mol. The molecule has 0 aliphatic heterocycles. The number of benzene rings is 3. The lowest BCUT2D eigenvalue weighted by molar-refractivity contribution is -0.103. The van der Waals surface area contributed by atoms with Gasteiger partial charge in [-0.3, -0.25) is 4.79 Å². The third-order valence-electron chi connectivity index (χ3n) is 4.68. The van der Waals surface area contributed by atoms with E-state index in [1.165, 1.54) is 0 Å². The number of para-hydroxylation sites is 2. The monoisotopic (exact) mass is 399 g/mol. The van der Waals surface area contributed by atoms with Crippen molar-refractivity contribution in [3.63, 3.8) is 0 Å². The zero-order valence-electron chi connectivity index (χ0n) is 15.1. The first-order valence-electron chi connectivity index (χ1n) is 8.99. The molecule has 140 valence electrons. The van der Waals surface area contributed by atoms with Crippen LogP contribution in [0, 0.1) is 0 Å². The van der Waals surface area contributed by atoms with Crippen molar-refractivity contribution < 1.29 is 9.21 Å². The number of carbonyl (C=O) groups is 1. The van der Waals surface area contributed by atoms with E-state index in [-0.39, 0.29) is 5.89 Å². The highest BCUT2D eigenvalue weighted by molar-refractivity contribution is 6.31. The molecule has 0 bridgehead atoms. The van der Waals surface area contributed by atoms with Crippen molar-refractivity contribution >= 4 is 62.1 Å². The molecule has 0 aliphatic carbocycles. The van der Waals surface area contributed by atoms with E-state index in [2.05, 4.69) is 10.3 Å². The van der Waals surface area contributed by atoms with Gasteiger partial charge in [-0.2, -0.15) is 0 Å². The number of hydrogen-bond donors (Lipinski definition) is 1. The summed E-state index contributed by atoms with van der Waals surface area (Å²) in [6, 6.07) is 20.9. The Morgan fingerprint density at radius 3 is 2.28 bits per heavy atom. The van der Waals surface area contributed by atoms with Gasteiger partial charge in [0.25, 0.3) is 0 Å². The molecule has 0 unspecified atom stereocenters. The lowest BCUT2D eigenvalue weighted by Gasteiger charge is -2.10. The number of allylic oxidation sites excluding steroid dienone is 1. The van der Waals surface area contributed by atoms with E-state index < -0.39 is 0 Å². The Bertz CT molecular complexity index is 1370. The number of hydrogen-bond acceptors (Lipinski definition) is 5. The zero-order valence-corrected chi connectivity index (χ0v) is 15.9. The zero-order chi connectivity index (χ0) is 19.8. The van der Waals surface area contributed by atoms with Gasteiger partial charge in [-0.05, 0) is 30.3 Å². The van der Waals surface area contributed by atoms with Gasteiger partial charge >= 0.3 is 0 Å². The van der Waals surface area contributed by atoms with Crippen LogP contribution >= 0.6 is 11.6 Å². The smallest absolute Gasteiger partial charge is 0.232 e. The average molecular weight is 400 g/mol. The average Bonchev–Trinajstić information content (AvgIpc) is 3.16. The largest absolute Gasteiger partial charge is 0.436 e. The van der Waals surface area contributed by atoms with Crippen LogP contribution in [0.1, 0.15) is 5.89 Å². The molecule has 1 N–H and O–H groups in total. The summed E-state index contributed by atoms with van der Waals surface area (Å²) < 4.78 is 5.72. The summed E-state index contributed by atoms with van der Waals surface area (Å²) >= 11 is 6.01. The van der Waals surface area contributed by atoms with Crippen molar-refractivity contribution in [1.29, 1.82) is 0 Å². The highest BCUT2D eigenvalue weighted by Gasteiger charge is 2.12. The van der Waals surface area contributed by atoms with Crippen molar-refractivity contribution in [2.45, 2.75) is 0 Å². The molecule has 0 spiro atoms. The second kappa shape index (κ2) is 7.04. The molecular weight excluding hydrogens is 386 g/mol. The predicted octanol–water partition coefficient (Wildman–Crippen LogP) is 5.83. The van der Waals surface area contributed by atoms with Gasteiger partial charge in [0.2, 0.25) is 5.89 Å². The molecule has 0 fully saturated rings. The summed E-state index contributed by atoms with van der Waals surface area (Å²) in [5, 5.41) is 5.74. The van der Waals surface area contributed by atoms with E-state index in [1.807, 2.05) is 48.5 Å². The maximum atomic E-state index is 11.8. The quantitative estimate of drug-likeness (QED) is 0.234. The van der Waals surface area contributed by atoms with E-state index in [4.69, 9.17) is 21.0 Å². The summed E-state index contributed by atoms with van der Waals surface area (Å²) in [4.78, 5) is 20.8. The molecule has 6 heteroatoms. The van der Waals surface area contributed by atoms with Crippen LogP contribution in [0.2, 0.25) is 5.02 Å². The Hall–Kier alpha value is -3.70. The van der Waals surface area contributed by atoms with Gasteiger partial charge in [-0.1, -0.05) is 48.0 Å². The molecule has 5 rings (SSSR count). The van der Waals surface area contributed by atoms with Crippen LogP contribution in [0.3, 0.4) is 0 Å². The standard InChI is InChI=1S/C23H14ClN3O2/c24-15-9-10-21-20(11-15)27-23(29-21)14(13-28)12-25-22-16-5-1-3-7-18(16)26-19-8-4-2-6-17(19)22/h1-13H,(H,25,26)/b14-12-. The van der Waals surface area contributed by atoms with Crippen molar-refractivity contribution in [1.82, 2.24) is 9.97 Å². The number of pyridine rings is 1. The van der Waals surface area contributed by atoms with Gasteiger partial charge in [-0.25, -0.2) is 9.97 Å². The topological polar surface area (TPSA) is 68.0 Å². The van der Waals surface area contributed by atoms with Crippen molar-refractivity contribution in [3.05, 3.63) is 83.8 Å². The molecule has 0 aliphatic rings. The molecule has 0 radical (unpaired) electrons. The minimum absolute atomic E-state index is 0.229. The Balaban J connectivity index is 1.63. The van der Waals surface area contributed by atoms with Gasteiger partial charge in [0.05, 0.1) is 22.3 Å². The van der Waals surface area contributed by atoms with Gasteiger partial charge in [0, 0.05) is 22.0 Å². The van der Waals surface area contributed by atoms with E-state index in [0.717, 1.165) is 27.5 Å². The Kier molecular flexibility index (Phi) is 4.22. The second-order valence-corrected chi connectivity index (χ2v) is 6.95. The SMILES string of the molecule is O=C/C(=C/Nc1c2ccccc2nc2ccccc12)c1nc2cc(Cl)ccc2o1. The molecule has 3 aromatic carbocycles. The van der Waals surface area contributed by atoms with Gasteiger partial charge in [-0.15, -0.1) is 0 Å². The number of aromatic nitrogens is 2. The molecule has 5 aromatic rings. The Morgan fingerprint density at radius 1 is 0.897 bits per heavy atom. The molecule has 2 aromatic heterocycles. The normalized spacial score (nSPS) is 12.0. The maximum Gasteiger partial charge on any atom is 0.232 e. The number of oxazole rings is 1. The lowest BCUT2D eigenvalue weighted by atomic mass is 10.1. The number of carbonyl (C=O) groups excluding carboxylic acids is 1. The summed E-state index contributed by atoms with van der Waals surface area (Å²) in [5.74, 6) is 0.229. The first kappa shape index (κ1) is 17.4. The summed E-state index contributed by atoms with van der Waals surface area (Å²) in [7, 11) is 0. The van der Waals surface area contributed by atoms with Crippen LogP contribution in [0.5, 0.6) is 0 Å². The highest BCUT2D eigenvalue weighted by atomic mass is 35.5. The first-order chi connectivity index (χ1) is 14.2. The van der Waals surface area contributed by atoms with Crippen LogP contribution in [-0.4, -0.2) is 16.3 Å². The fraction of sp³-hybridized carbons (Fsp3) is 0. The number of anilines is 1. The van der Waals surface area contributed by atoms with Crippen LogP contribution in [0.25, 0.3) is 38.5 Å². The third-order valence-corrected chi connectivity index (χ3v) is 4.92. The minimum atomic E-state index is 0.229. The molecule has 5 nitrogen and oxygen atoms in total. The molecule has 0 saturated heterocycles. The third kappa shape index (κ3) is 3.11. The molecule has 0 amide bonds. The van der Waals surface area contributed by atoms with Gasteiger partial charge in [0.1, 0.15) is 5.52 Å². The first-order valence-corrected chi connectivity index (χ1v) is 9.36. The molecule has 0 atom stereocenters. The van der Waals surface area contributed by atoms with E-state index >= 15 is 0 Å². The van der Waals surface area contributed by atoms with Crippen LogP contribution in [0.4, 0.5) is 5.69 Å². The highest BCUT2D eigenvalue weighted by Crippen LogP contribution is 2.31.